The molecule has 6 nitrogen and oxygen atoms in total. The van der Waals surface area contributed by atoms with Gasteiger partial charge in [0.05, 0.1) is 23.5 Å². The Bertz CT molecular complexity index is 1150. The monoisotopic (exact) mass is 444 g/mol. The van der Waals surface area contributed by atoms with E-state index in [2.05, 4.69) is 16.4 Å². The van der Waals surface area contributed by atoms with Crippen molar-refractivity contribution in [2.45, 2.75) is 25.7 Å². The Labute approximate surface area is 180 Å². The summed E-state index contributed by atoms with van der Waals surface area (Å²) in [6.07, 6.45) is 0. The maximum absolute atomic E-state index is 12.6. The average Bonchev–Trinajstić information content (AvgIpc) is 3.15. The molecule has 1 aromatic heterocycles. The first-order valence-electron chi connectivity index (χ1n) is 9.40. The molecular weight excluding hydrogens is 420 g/mol. The Hall–Kier alpha value is -2.71. The van der Waals surface area contributed by atoms with Gasteiger partial charge in [-0.15, -0.1) is 11.3 Å². The van der Waals surface area contributed by atoms with Crippen LogP contribution in [-0.4, -0.2) is 32.2 Å². The van der Waals surface area contributed by atoms with Crippen LogP contribution >= 0.6 is 11.3 Å². The van der Waals surface area contributed by atoms with Crippen molar-refractivity contribution in [2.24, 2.45) is 5.92 Å². The van der Waals surface area contributed by atoms with Crippen LogP contribution in [0.2, 0.25) is 0 Å². The number of aromatic nitrogens is 1. The maximum Gasteiger partial charge on any atom is 0.230 e. The molecule has 158 valence electrons. The minimum atomic E-state index is -3.60. The van der Waals surface area contributed by atoms with E-state index in [1.54, 1.807) is 19.1 Å². The summed E-state index contributed by atoms with van der Waals surface area (Å²) in [4.78, 5) is 17.2. The van der Waals surface area contributed by atoms with E-state index in [0.29, 0.717) is 10.9 Å². The van der Waals surface area contributed by atoms with Gasteiger partial charge in [0.25, 0.3) is 0 Å². The van der Waals surface area contributed by atoms with Crippen LogP contribution in [0.5, 0.6) is 5.75 Å². The van der Waals surface area contributed by atoms with Crippen LogP contribution in [0, 0.1) is 19.8 Å². The summed E-state index contributed by atoms with van der Waals surface area (Å²) >= 11 is 1.32. The standard InChI is InChI=1S/C22H24N2O4S2/c1-14-5-10-19(15(2)11-14)20-12-29-22(23-20)24-21(25)16(3)13-30(26,27)18-8-6-17(28-4)7-9-18/h5-12,16H,13H2,1-4H3,(H,23,24,25). The molecule has 0 fully saturated rings. The van der Waals surface area contributed by atoms with Crippen molar-refractivity contribution in [3.05, 3.63) is 59.0 Å². The number of ether oxygens (including phenoxy) is 1. The van der Waals surface area contributed by atoms with E-state index in [1.807, 2.05) is 31.4 Å². The van der Waals surface area contributed by atoms with E-state index in [4.69, 9.17) is 4.74 Å². The van der Waals surface area contributed by atoms with Gasteiger partial charge in [0.2, 0.25) is 5.91 Å². The zero-order chi connectivity index (χ0) is 21.9. The molecule has 0 aliphatic carbocycles. The molecule has 0 radical (unpaired) electrons. The topological polar surface area (TPSA) is 85.4 Å². The fourth-order valence-corrected chi connectivity index (χ4v) is 5.33. The number of methoxy groups -OCH3 is 1. The molecule has 3 rings (SSSR count). The number of benzene rings is 2. The molecule has 8 heteroatoms. The summed E-state index contributed by atoms with van der Waals surface area (Å²) in [5.41, 5.74) is 4.07. The van der Waals surface area contributed by atoms with Crippen molar-refractivity contribution in [3.63, 3.8) is 0 Å². The third-order valence-corrected chi connectivity index (χ3v) is 7.41. The van der Waals surface area contributed by atoms with Gasteiger partial charge in [-0.2, -0.15) is 0 Å². The second kappa shape index (κ2) is 8.97. The van der Waals surface area contributed by atoms with Gasteiger partial charge in [0, 0.05) is 16.9 Å². The largest absolute Gasteiger partial charge is 0.497 e. The lowest BCUT2D eigenvalue weighted by atomic mass is 10.0. The Kier molecular flexibility index (Phi) is 6.58. The number of carbonyl (C=O) groups is 1. The van der Waals surface area contributed by atoms with Gasteiger partial charge >= 0.3 is 0 Å². The highest BCUT2D eigenvalue weighted by atomic mass is 32.2. The molecule has 30 heavy (non-hydrogen) atoms. The number of hydrogen-bond donors (Lipinski definition) is 1. The van der Waals surface area contributed by atoms with Crippen LogP contribution in [0.4, 0.5) is 5.13 Å². The fraction of sp³-hybridized carbons (Fsp3) is 0.273. The van der Waals surface area contributed by atoms with Crippen molar-refractivity contribution in [3.8, 4) is 17.0 Å². The van der Waals surface area contributed by atoms with Gasteiger partial charge < -0.3 is 10.1 Å². The van der Waals surface area contributed by atoms with Gasteiger partial charge in [-0.3, -0.25) is 4.79 Å². The van der Waals surface area contributed by atoms with Crippen LogP contribution in [0.25, 0.3) is 11.3 Å². The molecule has 1 amide bonds. The lowest BCUT2D eigenvalue weighted by Crippen LogP contribution is -2.27. The van der Waals surface area contributed by atoms with Gasteiger partial charge in [0.15, 0.2) is 15.0 Å². The van der Waals surface area contributed by atoms with Crippen molar-refractivity contribution in [1.29, 1.82) is 0 Å². The predicted octanol–water partition coefficient (Wildman–Crippen LogP) is 4.48. The van der Waals surface area contributed by atoms with Crippen LogP contribution < -0.4 is 10.1 Å². The van der Waals surface area contributed by atoms with Gasteiger partial charge in [-0.25, -0.2) is 13.4 Å². The summed E-state index contributed by atoms with van der Waals surface area (Å²) in [6.45, 7) is 5.64. The summed E-state index contributed by atoms with van der Waals surface area (Å²) < 4.78 is 30.3. The van der Waals surface area contributed by atoms with Gasteiger partial charge in [-0.1, -0.05) is 30.7 Å². The molecule has 1 N–H and O–H groups in total. The lowest BCUT2D eigenvalue weighted by molar-refractivity contribution is -0.118. The Morgan fingerprint density at radius 1 is 1.17 bits per heavy atom. The third kappa shape index (κ3) is 5.06. The number of aryl methyl sites for hydroxylation is 2. The number of thiazole rings is 1. The summed E-state index contributed by atoms with van der Waals surface area (Å²) in [5.74, 6) is -0.831. The molecule has 0 saturated heterocycles. The molecule has 0 saturated carbocycles. The molecule has 3 aromatic rings. The number of amides is 1. The number of nitrogens with zero attached hydrogens (tertiary/aromatic N) is 1. The third-order valence-electron chi connectivity index (χ3n) is 4.73. The van der Waals surface area contributed by atoms with Crippen LogP contribution in [0.3, 0.4) is 0 Å². The molecule has 0 spiro atoms. The molecule has 1 atom stereocenters. The first-order valence-corrected chi connectivity index (χ1v) is 11.9. The number of nitrogens with one attached hydrogen (secondary N) is 1. The number of carbonyl (C=O) groups excluding carboxylic acids is 1. The summed E-state index contributed by atoms with van der Waals surface area (Å²) in [7, 11) is -2.09. The van der Waals surface area contributed by atoms with E-state index in [1.165, 1.54) is 36.1 Å². The highest BCUT2D eigenvalue weighted by Crippen LogP contribution is 2.28. The van der Waals surface area contributed by atoms with Gasteiger partial charge in [-0.05, 0) is 43.7 Å². The first kappa shape index (κ1) is 22.0. The van der Waals surface area contributed by atoms with Gasteiger partial charge in [0.1, 0.15) is 5.75 Å². The first-order chi connectivity index (χ1) is 14.2. The zero-order valence-electron chi connectivity index (χ0n) is 17.3. The Balaban J connectivity index is 1.67. The Morgan fingerprint density at radius 3 is 2.50 bits per heavy atom. The minimum Gasteiger partial charge on any atom is -0.497 e. The minimum absolute atomic E-state index is 0.161. The molecule has 0 aliphatic rings. The van der Waals surface area contributed by atoms with Crippen LogP contribution in [0.1, 0.15) is 18.1 Å². The molecule has 2 aromatic carbocycles. The van der Waals surface area contributed by atoms with Crippen molar-refractivity contribution >= 4 is 32.2 Å². The normalized spacial score (nSPS) is 12.4. The van der Waals surface area contributed by atoms with Crippen molar-refractivity contribution < 1.29 is 17.9 Å². The van der Waals surface area contributed by atoms with E-state index in [0.717, 1.165) is 16.8 Å². The molecule has 0 aliphatic heterocycles. The molecule has 0 bridgehead atoms. The Morgan fingerprint density at radius 2 is 1.87 bits per heavy atom. The van der Waals surface area contributed by atoms with Crippen LogP contribution in [0.15, 0.2) is 52.7 Å². The highest BCUT2D eigenvalue weighted by Gasteiger charge is 2.24. The molecular formula is C22H24N2O4S2. The maximum atomic E-state index is 12.6. The van der Waals surface area contributed by atoms with E-state index in [9.17, 15) is 13.2 Å². The number of rotatable bonds is 7. The SMILES string of the molecule is COc1ccc(S(=O)(=O)CC(C)C(=O)Nc2nc(-c3ccc(C)cc3C)cs2)cc1. The number of sulfone groups is 1. The molecule has 1 heterocycles. The predicted molar refractivity (Wildman–Crippen MR) is 120 cm³/mol. The fourth-order valence-electron chi connectivity index (χ4n) is 3.07. The van der Waals surface area contributed by atoms with Crippen LogP contribution in [-0.2, 0) is 14.6 Å². The highest BCUT2D eigenvalue weighted by molar-refractivity contribution is 7.91. The van der Waals surface area contributed by atoms with Crippen molar-refractivity contribution in [1.82, 2.24) is 4.98 Å². The quantitative estimate of drug-likeness (QED) is 0.581. The average molecular weight is 445 g/mol. The lowest BCUT2D eigenvalue weighted by Gasteiger charge is -2.12. The van der Waals surface area contributed by atoms with E-state index >= 15 is 0 Å². The second-order valence-corrected chi connectivity index (χ2v) is 10.1. The van der Waals surface area contributed by atoms with E-state index in [-0.39, 0.29) is 16.6 Å². The zero-order valence-corrected chi connectivity index (χ0v) is 18.9. The van der Waals surface area contributed by atoms with E-state index < -0.39 is 15.8 Å². The molecule has 1 unspecified atom stereocenters. The second-order valence-electron chi connectivity index (χ2n) is 7.20. The summed E-state index contributed by atoms with van der Waals surface area (Å²) in [5, 5.41) is 5.07. The number of hydrogen-bond acceptors (Lipinski definition) is 6. The summed E-state index contributed by atoms with van der Waals surface area (Å²) in [6, 6.07) is 12.2. The number of anilines is 1. The van der Waals surface area contributed by atoms with Crippen molar-refractivity contribution in [2.75, 3.05) is 18.2 Å². The smallest absolute Gasteiger partial charge is 0.230 e.